The number of amides is 3. The van der Waals surface area contributed by atoms with E-state index in [9.17, 15) is 14.4 Å². The van der Waals surface area contributed by atoms with E-state index in [2.05, 4.69) is 5.32 Å². The maximum atomic E-state index is 13.3. The highest BCUT2D eigenvalue weighted by Gasteiger charge is 2.34. The van der Waals surface area contributed by atoms with Crippen molar-refractivity contribution in [2.45, 2.75) is 44.6 Å². The topological polar surface area (TPSA) is 97.4 Å². The molecule has 1 N–H and O–H groups in total. The highest BCUT2D eigenvalue weighted by atomic mass is 32.1. The van der Waals surface area contributed by atoms with E-state index in [1.54, 1.807) is 19.1 Å². The SMILES string of the molecule is COCc1ccc(C(=O)N2CC[C@H]3OCc4cccc(c4)Oc4cccc(c4)CCC(=O)N(C)CC(=O)N[C@H]3C2)s1. The Bertz CT molecular complexity index is 1390. The van der Waals surface area contributed by atoms with Gasteiger partial charge in [0.15, 0.2) is 0 Å². The van der Waals surface area contributed by atoms with Gasteiger partial charge in [-0.15, -0.1) is 11.3 Å². The molecule has 2 aliphatic heterocycles. The summed E-state index contributed by atoms with van der Waals surface area (Å²) in [6.07, 6.45) is 1.06. The van der Waals surface area contributed by atoms with Crippen LogP contribution in [0.2, 0.25) is 0 Å². The van der Waals surface area contributed by atoms with Crippen molar-refractivity contribution in [3.05, 3.63) is 81.5 Å². The van der Waals surface area contributed by atoms with E-state index in [0.717, 1.165) is 16.0 Å². The van der Waals surface area contributed by atoms with E-state index < -0.39 is 6.04 Å². The number of likely N-dealkylation sites (N-methyl/N-ethyl adjacent to an activating group) is 1. The average Bonchev–Trinajstić information content (AvgIpc) is 3.43. The molecule has 2 aliphatic rings. The lowest BCUT2D eigenvalue weighted by molar-refractivity contribution is -0.135. The van der Waals surface area contributed by atoms with E-state index in [-0.39, 0.29) is 36.8 Å². The Morgan fingerprint density at radius 2 is 1.80 bits per heavy atom. The Morgan fingerprint density at radius 1 is 1.05 bits per heavy atom. The standard InChI is InChI=1S/C31H35N3O6S/c1-33-18-29(35)32-26-17-34(31(37)28-11-10-25(41-28)20-38-2)14-13-27(26)39-19-22-6-4-8-24(16-22)40-23-7-3-5-21(15-23)9-12-30(33)36/h3-8,10-11,15-16,26-27H,9,12-14,17-20H2,1-2H3,(H,32,35)/t26-,27+/m0/s1. The molecule has 3 aromatic rings. The van der Waals surface area contributed by atoms with Crippen LogP contribution < -0.4 is 10.1 Å². The van der Waals surface area contributed by atoms with Gasteiger partial charge in [0.25, 0.3) is 5.91 Å². The number of ether oxygens (including phenoxy) is 3. The monoisotopic (exact) mass is 577 g/mol. The van der Waals surface area contributed by atoms with E-state index in [0.29, 0.717) is 55.5 Å². The second-order valence-electron chi connectivity index (χ2n) is 10.4. The van der Waals surface area contributed by atoms with Gasteiger partial charge in [0.1, 0.15) is 11.5 Å². The molecule has 1 fully saturated rings. The fourth-order valence-corrected chi connectivity index (χ4v) is 6.07. The number of piperidine rings is 1. The normalized spacial score (nSPS) is 20.3. The molecule has 0 spiro atoms. The maximum absolute atomic E-state index is 13.3. The van der Waals surface area contributed by atoms with Crippen molar-refractivity contribution in [3.63, 3.8) is 0 Å². The van der Waals surface area contributed by atoms with Crippen LogP contribution >= 0.6 is 11.3 Å². The quantitative estimate of drug-likeness (QED) is 0.506. The number of likely N-dealkylation sites (tertiary alicyclic amines) is 1. The summed E-state index contributed by atoms with van der Waals surface area (Å²) in [6.45, 7) is 1.52. The van der Waals surface area contributed by atoms with Crippen molar-refractivity contribution in [1.82, 2.24) is 15.1 Å². The number of hydrogen-bond donors (Lipinski definition) is 1. The molecular formula is C31H35N3O6S. The van der Waals surface area contributed by atoms with Crippen LogP contribution in [0.4, 0.5) is 0 Å². The molecule has 0 unspecified atom stereocenters. The summed E-state index contributed by atoms with van der Waals surface area (Å²) in [6, 6.07) is 18.7. The third-order valence-corrected chi connectivity index (χ3v) is 8.32. The second-order valence-corrected chi connectivity index (χ2v) is 11.6. The molecule has 5 rings (SSSR count). The molecule has 10 heteroatoms. The van der Waals surface area contributed by atoms with Crippen LogP contribution in [0.1, 0.15) is 38.5 Å². The predicted molar refractivity (Wildman–Crippen MR) is 155 cm³/mol. The molecule has 2 aromatic carbocycles. The predicted octanol–water partition coefficient (Wildman–Crippen LogP) is 4.01. The van der Waals surface area contributed by atoms with E-state index in [1.807, 2.05) is 60.7 Å². The highest BCUT2D eigenvalue weighted by molar-refractivity contribution is 7.14. The van der Waals surface area contributed by atoms with Crippen LogP contribution in [0.3, 0.4) is 0 Å². The lowest BCUT2D eigenvalue weighted by atomic mass is 10.0. The molecule has 2 atom stereocenters. The highest BCUT2D eigenvalue weighted by Crippen LogP contribution is 2.26. The number of thiophene rings is 1. The van der Waals surface area contributed by atoms with Crippen molar-refractivity contribution in [2.75, 3.05) is 33.8 Å². The minimum atomic E-state index is -0.430. The van der Waals surface area contributed by atoms with Gasteiger partial charge in [-0.05, 0) is 60.4 Å². The number of fused-ring (bicyclic) bond motifs is 5. The van der Waals surface area contributed by atoms with Crippen molar-refractivity contribution in [1.29, 1.82) is 0 Å². The molecule has 0 aliphatic carbocycles. The van der Waals surface area contributed by atoms with Gasteiger partial charge in [0, 0.05) is 38.5 Å². The van der Waals surface area contributed by atoms with Crippen molar-refractivity contribution in [3.8, 4) is 11.5 Å². The summed E-state index contributed by atoms with van der Waals surface area (Å²) in [5.74, 6) is 0.891. The maximum Gasteiger partial charge on any atom is 0.264 e. The molecule has 0 radical (unpaired) electrons. The molecule has 216 valence electrons. The summed E-state index contributed by atoms with van der Waals surface area (Å²) in [5, 5.41) is 3.05. The summed E-state index contributed by atoms with van der Waals surface area (Å²) >= 11 is 1.41. The first-order valence-electron chi connectivity index (χ1n) is 13.8. The van der Waals surface area contributed by atoms with Gasteiger partial charge in [0.2, 0.25) is 11.8 Å². The number of nitrogens with zero attached hydrogens (tertiary/aromatic N) is 2. The largest absolute Gasteiger partial charge is 0.457 e. The number of hydrogen-bond acceptors (Lipinski definition) is 7. The van der Waals surface area contributed by atoms with Crippen LogP contribution in [0.5, 0.6) is 11.5 Å². The number of methoxy groups -OCH3 is 1. The van der Waals surface area contributed by atoms with Crippen molar-refractivity contribution >= 4 is 29.1 Å². The fourth-order valence-electron chi connectivity index (χ4n) is 5.12. The number of carbonyl (C=O) groups excluding carboxylic acids is 3. The number of rotatable bonds is 3. The zero-order chi connectivity index (χ0) is 28.8. The summed E-state index contributed by atoms with van der Waals surface area (Å²) in [4.78, 5) is 44.1. The van der Waals surface area contributed by atoms with Crippen LogP contribution in [-0.2, 0) is 38.7 Å². The van der Waals surface area contributed by atoms with Crippen LogP contribution in [0.25, 0.3) is 0 Å². The first-order valence-corrected chi connectivity index (χ1v) is 14.6. The van der Waals surface area contributed by atoms with Crippen molar-refractivity contribution in [2.24, 2.45) is 0 Å². The van der Waals surface area contributed by atoms with Crippen LogP contribution in [-0.4, -0.2) is 73.5 Å². The Hall–Kier alpha value is -3.73. The lowest BCUT2D eigenvalue weighted by Gasteiger charge is -2.39. The smallest absolute Gasteiger partial charge is 0.264 e. The van der Waals surface area contributed by atoms with Gasteiger partial charge in [-0.25, -0.2) is 0 Å². The molecule has 3 amide bonds. The Kier molecular flexibility index (Phi) is 9.33. The first kappa shape index (κ1) is 28.8. The third kappa shape index (κ3) is 7.52. The average molecular weight is 578 g/mol. The lowest BCUT2D eigenvalue weighted by Crippen LogP contribution is -2.58. The Balaban J connectivity index is 1.35. The van der Waals surface area contributed by atoms with Gasteiger partial charge in [0.05, 0.1) is 36.8 Å². The van der Waals surface area contributed by atoms with Gasteiger partial charge in [-0.3, -0.25) is 14.4 Å². The first-order chi connectivity index (χ1) is 19.9. The van der Waals surface area contributed by atoms with E-state index >= 15 is 0 Å². The Labute approximate surface area is 244 Å². The molecule has 1 aromatic heterocycles. The van der Waals surface area contributed by atoms with E-state index in [4.69, 9.17) is 14.2 Å². The van der Waals surface area contributed by atoms with Gasteiger partial charge >= 0.3 is 0 Å². The van der Waals surface area contributed by atoms with Crippen LogP contribution in [0.15, 0.2) is 60.7 Å². The molecule has 41 heavy (non-hydrogen) atoms. The second kappa shape index (κ2) is 13.3. The van der Waals surface area contributed by atoms with Crippen molar-refractivity contribution < 1.29 is 28.6 Å². The molecule has 9 nitrogen and oxygen atoms in total. The number of benzene rings is 2. The molecular weight excluding hydrogens is 542 g/mol. The van der Waals surface area contributed by atoms with Gasteiger partial charge in [-0.2, -0.15) is 0 Å². The molecule has 0 saturated carbocycles. The Morgan fingerprint density at radius 3 is 2.59 bits per heavy atom. The molecule has 3 heterocycles. The molecule has 1 saturated heterocycles. The third-order valence-electron chi connectivity index (χ3n) is 7.27. The van der Waals surface area contributed by atoms with Crippen LogP contribution in [0, 0.1) is 0 Å². The summed E-state index contributed by atoms with van der Waals surface area (Å²) < 4.78 is 17.6. The minimum absolute atomic E-state index is 0.0769. The zero-order valence-electron chi connectivity index (χ0n) is 23.3. The summed E-state index contributed by atoms with van der Waals surface area (Å²) in [7, 11) is 3.26. The van der Waals surface area contributed by atoms with Gasteiger partial charge in [-0.1, -0.05) is 24.3 Å². The molecule has 4 bridgehead atoms. The van der Waals surface area contributed by atoms with Gasteiger partial charge < -0.3 is 29.3 Å². The fraction of sp³-hybridized carbons (Fsp3) is 0.387. The zero-order valence-corrected chi connectivity index (χ0v) is 24.2. The number of carbonyl (C=O) groups is 3. The minimum Gasteiger partial charge on any atom is -0.457 e. The van der Waals surface area contributed by atoms with E-state index in [1.165, 1.54) is 16.2 Å². The number of nitrogens with one attached hydrogen (secondary N) is 1. The summed E-state index contributed by atoms with van der Waals surface area (Å²) in [5.41, 5.74) is 1.92. The number of aryl methyl sites for hydroxylation is 1.